The lowest BCUT2D eigenvalue weighted by molar-refractivity contribution is -0.286. The highest BCUT2D eigenvalue weighted by Crippen LogP contribution is 2.69. The minimum absolute atomic E-state index is 0.0259. The van der Waals surface area contributed by atoms with E-state index >= 15 is 13.2 Å². The van der Waals surface area contributed by atoms with Crippen LogP contribution in [-0.4, -0.2) is 141 Å². The first-order valence-corrected chi connectivity index (χ1v) is 27.2. The number of hydrogen-bond donors (Lipinski definition) is 4. The Balaban J connectivity index is 1.07. The monoisotopic (exact) mass is 1080 g/mol. The highest BCUT2D eigenvalue weighted by Gasteiger charge is 2.73. The third-order valence-corrected chi connectivity index (χ3v) is 17.4. The number of likely N-dealkylation sites (N-methyl/N-ethyl adjacent to an activating group) is 3. The number of aromatic nitrogens is 1. The Hall–Kier alpha value is -5.76. The van der Waals surface area contributed by atoms with Crippen LogP contribution in [0.25, 0.3) is 10.4 Å². The minimum Gasteiger partial charge on any atom is -0.508 e. The molecule has 16 nitrogen and oxygen atoms in total. The summed E-state index contributed by atoms with van der Waals surface area (Å²) in [5.41, 5.74) is 0.787. The van der Waals surface area contributed by atoms with Crippen LogP contribution < -0.4 is 16.0 Å². The number of carbonyl (C=O) groups excluding carboxylic acids is 7. The van der Waals surface area contributed by atoms with Crippen molar-refractivity contribution in [2.24, 2.45) is 22.7 Å². The predicted octanol–water partition coefficient (Wildman–Crippen LogP) is 6.40. The SMILES string of the molecule is CC(C)C[C@@H]1NC(=O)[C@@H](N(C)C(=O)[C@@H](NC(=O)[C@@H]2Cc3ccc(O)cc3CN2C(=O)C2(C(F)(F)F)CC3(CCC3)C2)C2CC2)CCCCN(C)C(=O)[C@@H](C)NC(=O)[C@H](Cc2cc(Cl)ccc2-c2cncs2)N(C)C1=O. The van der Waals surface area contributed by atoms with E-state index in [1.165, 1.54) is 52.3 Å². The second-order valence-corrected chi connectivity index (χ2v) is 23.5. The van der Waals surface area contributed by atoms with Crippen LogP contribution in [0.2, 0.25) is 5.02 Å². The number of fused-ring (bicyclic) bond motifs is 1. The summed E-state index contributed by atoms with van der Waals surface area (Å²) in [6.45, 7) is 5.19. The van der Waals surface area contributed by atoms with Crippen molar-refractivity contribution in [3.05, 3.63) is 69.8 Å². The topological polar surface area (TPSA) is 202 Å². The van der Waals surface area contributed by atoms with Crippen LogP contribution >= 0.6 is 22.9 Å². The van der Waals surface area contributed by atoms with Crippen molar-refractivity contribution in [1.29, 1.82) is 0 Å². The van der Waals surface area contributed by atoms with Gasteiger partial charge in [-0.1, -0.05) is 44.0 Å². The summed E-state index contributed by atoms with van der Waals surface area (Å²) in [7, 11) is 4.49. The molecule has 0 radical (unpaired) electrons. The van der Waals surface area contributed by atoms with Gasteiger partial charge in [-0.3, -0.25) is 38.5 Å². The molecule has 3 aromatic rings. The van der Waals surface area contributed by atoms with Gasteiger partial charge in [0, 0.05) is 58.3 Å². The summed E-state index contributed by atoms with van der Waals surface area (Å²) in [4.78, 5) is 112. The molecule has 8 rings (SSSR count). The number of phenols is 1. The van der Waals surface area contributed by atoms with Crippen molar-refractivity contribution in [3.63, 3.8) is 0 Å². The van der Waals surface area contributed by atoms with Crippen LogP contribution in [0.5, 0.6) is 5.75 Å². The van der Waals surface area contributed by atoms with Crippen LogP contribution in [0.1, 0.15) is 108 Å². The molecular formula is C54H68ClF3N8O8S. The first-order valence-electron chi connectivity index (χ1n) is 26.0. The number of thiazole rings is 1. The average Bonchev–Trinajstić information content (AvgIpc) is 4.03. The molecule has 3 heterocycles. The Morgan fingerprint density at radius 1 is 0.960 bits per heavy atom. The van der Waals surface area contributed by atoms with Crippen molar-refractivity contribution in [2.45, 2.75) is 153 Å². The van der Waals surface area contributed by atoms with Crippen LogP contribution in [0.3, 0.4) is 0 Å². The summed E-state index contributed by atoms with van der Waals surface area (Å²) in [6.07, 6.45) is -0.142. The Bertz CT molecular complexity index is 2670. The van der Waals surface area contributed by atoms with Gasteiger partial charge >= 0.3 is 6.18 Å². The molecule has 4 N–H and O–H groups in total. The van der Waals surface area contributed by atoms with Crippen LogP contribution in [-0.2, 0) is 52.9 Å². The number of rotatable bonds is 11. The fraction of sp³-hybridized carbons (Fsp3) is 0.593. The maximum atomic E-state index is 15.1. The van der Waals surface area contributed by atoms with E-state index < -0.39 is 88.7 Å². The average molecular weight is 1080 g/mol. The van der Waals surface area contributed by atoms with E-state index in [4.69, 9.17) is 11.6 Å². The number of alkyl halides is 3. The van der Waals surface area contributed by atoms with Gasteiger partial charge in [0.05, 0.1) is 10.4 Å². The lowest BCUT2D eigenvalue weighted by Gasteiger charge is -2.61. The zero-order chi connectivity index (χ0) is 54.3. The van der Waals surface area contributed by atoms with E-state index in [1.807, 2.05) is 19.9 Å². The number of benzene rings is 2. The second kappa shape index (κ2) is 22.1. The summed E-state index contributed by atoms with van der Waals surface area (Å²) in [6, 6.07) is 2.37. The molecule has 75 heavy (non-hydrogen) atoms. The van der Waals surface area contributed by atoms with Gasteiger partial charge in [-0.25, -0.2) is 0 Å². The van der Waals surface area contributed by atoms with E-state index in [0.29, 0.717) is 60.2 Å². The Morgan fingerprint density at radius 2 is 1.68 bits per heavy atom. The highest BCUT2D eigenvalue weighted by molar-refractivity contribution is 7.13. The molecule has 3 saturated carbocycles. The summed E-state index contributed by atoms with van der Waals surface area (Å²) >= 11 is 7.90. The van der Waals surface area contributed by atoms with Gasteiger partial charge in [-0.2, -0.15) is 13.2 Å². The molecule has 1 aromatic heterocycles. The van der Waals surface area contributed by atoms with Gasteiger partial charge < -0.3 is 40.7 Å². The van der Waals surface area contributed by atoms with Crippen molar-refractivity contribution in [3.8, 4) is 16.2 Å². The first kappa shape index (κ1) is 55.5. The van der Waals surface area contributed by atoms with Gasteiger partial charge in [0.1, 0.15) is 47.4 Å². The summed E-state index contributed by atoms with van der Waals surface area (Å²) < 4.78 is 45.4. The molecule has 3 aliphatic carbocycles. The third kappa shape index (κ3) is 11.7. The van der Waals surface area contributed by atoms with Gasteiger partial charge in [0.15, 0.2) is 0 Å². The maximum absolute atomic E-state index is 15.1. The summed E-state index contributed by atoms with van der Waals surface area (Å²) in [5.74, 6) is -5.59. The van der Waals surface area contributed by atoms with Crippen molar-refractivity contribution < 1.29 is 51.8 Å². The Morgan fingerprint density at radius 3 is 2.31 bits per heavy atom. The quantitative estimate of drug-likeness (QED) is 0.168. The molecule has 5 aliphatic rings. The molecule has 0 bridgehead atoms. The molecule has 1 spiro atoms. The highest BCUT2D eigenvalue weighted by atomic mass is 35.5. The molecule has 2 aromatic carbocycles. The van der Waals surface area contributed by atoms with Gasteiger partial charge in [-0.15, -0.1) is 11.3 Å². The number of nitrogens with zero attached hydrogens (tertiary/aromatic N) is 5. The van der Waals surface area contributed by atoms with E-state index in [1.54, 1.807) is 43.9 Å². The van der Waals surface area contributed by atoms with Crippen LogP contribution in [0.15, 0.2) is 48.1 Å². The second-order valence-electron chi connectivity index (χ2n) is 22.2. The van der Waals surface area contributed by atoms with Crippen molar-refractivity contribution in [2.75, 3.05) is 27.7 Å². The first-order chi connectivity index (χ1) is 35.4. The molecule has 21 heteroatoms. The smallest absolute Gasteiger partial charge is 0.403 e. The van der Waals surface area contributed by atoms with Crippen LogP contribution in [0, 0.1) is 22.7 Å². The normalized spacial score (nSPS) is 24.9. The molecular weight excluding hydrogens is 1010 g/mol. The number of hydrogen-bond acceptors (Lipinski definition) is 10. The fourth-order valence-corrected chi connectivity index (χ4v) is 12.6. The molecule has 6 atom stereocenters. The van der Waals surface area contributed by atoms with E-state index in [-0.39, 0.29) is 75.1 Å². The van der Waals surface area contributed by atoms with Gasteiger partial charge in [0.2, 0.25) is 41.4 Å². The number of nitrogens with one attached hydrogen (secondary N) is 3. The van der Waals surface area contributed by atoms with Gasteiger partial charge in [0.25, 0.3) is 0 Å². The Kier molecular flexibility index (Phi) is 16.3. The van der Waals surface area contributed by atoms with Crippen LogP contribution in [0.4, 0.5) is 13.2 Å². The minimum atomic E-state index is -4.89. The predicted molar refractivity (Wildman–Crippen MR) is 275 cm³/mol. The number of phenolic OH excluding ortho intramolecular Hbond substituents is 1. The largest absolute Gasteiger partial charge is 0.508 e. The fourth-order valence-electron chi connectivity index (χ4n) is 11.8. The zero-order valence-corrected chi connectivity index (χ0v) is 44.9. The molecule has 0 unspecified atom stereocenters. The zero-order valence-electron chi connectivity index (χ0n) is 43.3. The lowest BCUT2D eigenvalue weighted by atomic mass is 9.44. The molecule has 7 amide bonds. The molecule has 2 aliphatic heterocycles. The number of aromatic hydroxyl groups is 1. The Labute approximate surface area is 444 Å². The molecule has 1 saturated heterocycles. The maximum Gasteiger partial charge on any atom is 0.403 e. The van der Waals surface area contributed by atoms with E-state index in [9.17, 15) is 38.7 Å². The molecule has 4 fully saturated rings. The third-order valence-electron chi connectivity index (χ3n) is 16.3. The number of carbonyl (C=O) groups is 7. The molecule has 406 valence electrons. The van der Waals surface area contributed by atoms with E-state index in [2.05, 4.69) is 20.9 Å². The number of halogens is 4. The summed E-state index contributed by atoms with van der Waals surface area (Å²) in [5, 5.41) is 19.3. The number of amides is 7. The van der Waals surface area contributed by atoms with Crippen molar-refractivity contribution in [1.82, 2.24) is 40.5 Å². The van der Waals surface area contributed by atoms with Crippen molar-refractivity contribution >= 4 is 64.3 Å². The standard InChI is InChI=1S/C54H68ClF3N8O8S/c1-30(2)20-39-49(72)65(6)41(24-34-21-36(55)14-16-38(34)43-25-59-29-75-43)46(69)60-31(3)48(71)63(4)19-8-7-10-40(45(68)61-39)64(5)50(73)44(32-11-12-32)62-47(70)42-23-33-13-15-37(67)22-35(33)26-66(42)51(74)53(54(56,57)58)27-52(28-53)17-9-18-52/h13-16,21-22,25,29-32,39-42,44,67H,7-12,17-20,23-24,26-28H2,1-6H3,(H,60,69)(H,61,68)(H,62,70)/t31-,39+,40+,41+,42+,44+/m1/s1. The van der Waals surface area contributed by atoms with Gasteiger partial charge in [-0.05, 0) is 135 Å². The lowest BCUT2D eigenvalue weighted by Crippen LogP contribution is -2.67. The van der Waals surface area contributed by atoms with E-state index in [0.717, 1.165) is 21.8 Å².